The zero-order valence-electron chi connectivity index (χ0n) is 20.0. The number of carbonyl (C=O) groups excluding carboxylic acids is 2. The molecule has 35 heavy (non-hydrogen) atoms. The summed E-state index contributed by atoms with van der Waals surface area (Å²) in [5.74, 6) is 2.76. The van der Waals surface area contributed by atoms with Crippen LogP contribution in [0.2, 0.25) is 0 Å². The third-order valence-corrected chi connectivity index (χ3v) is 6.50. The van der Waals surface area contributed by atoms with E-state index < -0.39 is 0 Å². The zero-order valence-corrected chi connectivity index (χ0v) is 20.8. The van der Waals surface area contributed by atoms with E-state index in [1.54, 1.807) is 34.6 Å². The monoisotopic (exact) mass is 494 g/mol. The second-order valence-corrected chi connectivity index (χ2v) is 8.98. The van der Waals surface area contributed by atoms with Crippen LogP contribution in [-0.4, -0.2) is 41.4 Å². The Bertz CT molecular complexity index is 1180. The molecular weight excluding hydrogens is 464 g/mol. The second-order valence-electron chi connectivity index (χ2n) is 7.99. The highest BCUT2D eigenvalue weighted by atomic mass is 32.2. The van der Waals surface area contributed by atoms with Crippen LogP contribution in [0.5, 0.6) is 11.5 Å². The predicted octanol–water partition coefficient (Wildman–Crippen LogP) is 4.04. The van der Waals surface area contributed by atoms with E-state index >= 15 is 0 Å². The standard InChI is InChI=1S/C26H30N4O4S/c1-3-33-22-11-10-19(14-23(22)34-4-2)26(32)28-25-20-16-35-17-21(20)29-30(25)15-24(31)27-13-12-18-8-6-5-7-9-18/h5-11,14H,3-4,12-13,15-17H2,1-2H3,(H,27,31)(H,28,32). The van der Waals surface area contributed by atoms with Crippen molar-refractivity contribution in [3.05, 3.63) is 70.9 Å². The van der Waals surface area contributed by atoms with Crippen molar-refractivity contribution in [1.82, 2.24) is 15.1 Å². The maximum absolute atomic E-state index is 13.1. The summed E-state index contributed by atoms with van der Waals surface area (Å²) in [4.78, 5) is 25.8. The molecular formula is C26H30N4O4S. The van der Waals surface area contributed by atoms with Crippen molar-refractivity contribution in [2.75, 3.05) is 25.1 Å². The molecule has 0 fully saturated rings. The van der Waals surface area contributed by atoms with E-state index in [2.05, 4.69) is 15.7 Å². The minimum atomic E-state index is -0.292. The molecule has 3 aromatic rings. The largest absolute Gasteiger partial charge is 0.490 e. The van der Waals surface area contributed by atoms with Crippen LogP contribution >= 0.6 is 11.8 Å². The lowest BCUT2D eigenvalue weighted by molar-refractivity contribution is -0.121. The highest BCUT2D eigenvalue weighted by molar-refractivity contribution is 7.98. The molecule has 0 saturated carbocycles. The highest BCUT2D eigenvalue weighted by Gasteiger charge is 2.25. The van der Waals surface area contributed by atoms with Crippen LogP contribution in [0.15, 0.2) is 48.5 Å². The number of ether oxygens (including phenoxy) is 2. The smallest absolute Gasteiger partial charge is 0.256 e. The molecule has 2 amide bonds. The van der Waals surface area contributed by atoms with Gasteiger partial charge in [-0.3, -0.25) is 9.59 Å². The molecule has 0 spiro atoms. The van der Waals surface area contributed by atoms with Crippen molar-refractivity contribution in [2.45, 2.75) is 38.3 Å². The van der Waals surface area contributed by atoms with E-state index in [0.717, 1.165) is 34.7 Å². The van der Waals surface area contributed by atoms with E-state index in [-0.39, 0.29) is 18.4 Å². The summed E-state index contributed by atoms with van der Waals surface area (Å²) in [6.07, 6.45) is 0.752. The van der Waals surface area contributed by atoms with Gasteiger partial charge in [-0.05, 0) is 44.0 Å². The minimum Gasteiger partial charge on any atom is -0.490 e. The molecule has 0 unspecified atom stereocenters. The molecule has 0 atom stereocenters. The molecule has 0 saturated heterocycles. The number of thioether (sulfide) groups is 1. The van der Waals surface area contributed by atoms with E-state index in [4.69, 9.17) is 9.47 Å². The zero-order chi connectivity index (χ0) is 24.6. The van der Waals surface area contributed by atoms with Gasteiger partial charge >= 0.3 is 0 Å². The first kappa shape index (κ1) is 24.7. The van der Waals surface area contributed by atoms with Crippen LogP contribution in [0, 0.1) is 0 Å². The Kier molecular flexibility index (Phi) is 8.31. The summed E-state index contributed by atoms with van der Waals surface area (Å²) in [6, 6.07) is 15.1. The second kappa shape index (κ2) is 11.8. The van der Waals surface area contributed by atoms with E-state index in [0.29, 0.717) is 42.6 Å². The van der Waals surface area contributed by atoms with Gasteiger partial charge < -0.3 is 20.1 Å². The van der Waals surface area contributed by atoms with Crippen LogP contribution in [0.3, 0.4) is 0 Å². The molecule has 1 aliphatic heterocycles. The third-order valence-electron chi connectivity index (χ3n) is 5.53. The number of fused-ring (bicyclic) bond motifs is 1. The molecule has 184 valence electrons. The lowest BCUT2D eigenvalue weighted by Crippen LogP contribution is -2.30. The number of carbonyl (C=O) groups is 2. The van der Waals surface area contributed by atoms with Crippen LogP contribution < -0.4 is 20.1 Å². The average Bonchev–Trinajstić information content (AvgIpc) is 3.43. The number of anilines is 1. The van der Waals surface area contributed by atoms with Gasteiger partial charge in [0.2, 0.25) is 5.91 Å². The molecule has 9 heteroatoms. The Morgan fingerprint density at radius 1 is 1.03 bits per heavy atom. The quantitative estimate of drug-likeness (QED) is 0.418. The van der Waals surface area contributed by atoms with Gasteiger partial charge in [0.1, 0.15) is 12.4 Å². The van der Waals surface area contributed by atoms with Gasteiger partial charge in [-0.25, -0.2) is 4.68 Å². The molecule has 0 radical (unpaired) electrons. The van der Waals surface area contributed by atoms with Crippen LogP contribution in [0.25, 0.3) is 0 Å². The number of nitrogens with zero attached hydrogens (tertiary/aromatic N) is 2. The number of nitrogens with one attached hydrogen (secondary N) is 2. The van der Waals surface area contributed by atoms with E-state index in [1.807, 2.05) is 44.2 Å². The predicted molar refractivity (Wildman–Crippen MR) is 137 cm³/mol. The maximum Gasteiger partial charge on any atom is 0.256 e. The van der Waals surface area contributed by atoms with Gasteiger partial charge in [-0.2, -0.15) is 16.9 Å². The number of benzene rings is 2. The van der Waals surface area contributed by atoms with Crippen LogP contribution in [-0.2, 0) is 29.3 Å². The Hall–Kier alpha value is -3.46. The van der Waals surface area contributed by atoms with Crippen molar-refractivity contribution in [3.63, 3.8) is 0 Å². The Balaban J connectivity index is 1.45. The topological polar surface area (TPSA) is 94.5 Å². The number of hydrogen-bond donors (Lipinski definition) is 2. The van der Waals surface area contributed by atoms with E-state index in [9.17, 15) is 9.59 Å². The molecule has 0 bridgehead atoms. The Labute approximate surface area is 209 Å². The summed E-state index contributed by atoms with van der Waals surface area (Å²) in [5.41, 5.74) is 3.48. The number of aromatic nitrogens is 2. The van der Waals surface area contributed by atoms with Gasteiger partial charge in [0.25, 0.3) is 5.91 Å². The highest BCUT2D eigenvalue weighted by Crippen LogP contribution is 2.35. The van der Waals surface area contributed by atoms with Gasteiger partial charge in [0.05, 0.1) is 18.9 Å². The number of amides is 2. The first-order valence-electron chi connectivity index (χ1n) is 11.8. The first-order valence-corrected chi connectivity index (χ1v) is 12.9. The van der Waals surface area contributed by atoms with Gasteiger partial charge in [0.15, 0.2) is 11.5 Å². The fourth-order valence-electron chi connectivity index (χ4n) is 3.88. The lowest BCUT2D eigenvalue weighted by atomic mass is 10.1. The fraction of sp³-hybridized carbons (Fsp3) is 0.346. The number of rotatable bonds is 11. The molecule has 0 aliphatic carbocycles. The van der Waals surface area contributed by atoms with Crippen molar-refractivity contribution in [1.29, 1.82) is 0 Å². The summed E-state index contributed by atoms with van der Waals surface area (Å²) in [6.45, 7) is 5.31. The summed E-state index contributed by atoms with van der Waals surface area (Å²) >= 11 is 1.74. The maximum atomic E-state index is 13.1. The van der Waals surface area contributed by atoms with Crippen molar-refractivity contribution >= 4 is 29.4 Å². The summed E-state index contributed by atoms with van der Waals surface area (Å²) in [5, 5.41) is 10.5. The molecule has 2 aromatic carbocycles. The van der Waals surface area contributed by atoms with Crippen molar-refractivity contribution in [2.24, 2.45) is 0 Å². The Morgan fingerprint density at radius 3 is 2.57 bits per heavy atom. The fourth-order valence-corrected chi connectivity index (χ4v) is 4.91. The summed E-state index contributed by atoms with van der Waals surface area (Å²) < 4.78 is 12.8. The molecule has 2 N–H and O–H groups in total. The van der Waals surface area contributed by atoms with Gasteiger partial charge in [-0.1, -0.05) is 30.3 Å². The van der Waals surface area contributed by atoms with Gasteiger partial charge in [-0.15, -0.1) is 0 Å². The lowest BCUT2D eigenvalue weighted by Gasteiger charge is -2.14. The van der Waals surface area contributed by atoms with Crippen LogP contribution in [0.4, 0.5) is 5.82 Å². The SMILES string of the molecule is CCOc1ccc(C(=O)Nc2c3c(nn2CC(=O)NCCc2ccccc2)CSC3)cc1OCC. The third kappa shape index (κ3) is 6.16. The molecule has 4 rings (SSSR count). The van der Waals surface area contributed by atoms with Crippen LogP contribution in [0.1, 0.15) is 41.0 Å². The average molecular weight is 495 g/mol. The van der Waals surface area contributed by atoms with Gasteiger partial charge in [0, 0.05) is 29.2 Å². The number of hydrogen-bond acceptors (Lipinski definition) is 6. The molecule has 1 aromatic heterocycles. The Morgan fingerprint density at radius 2 is 1.80 bits per heavy atom. The summed E-state index contributed by atoms with van der Waals surface area (Å²) in [7, 11) is 0. The minimum absolute atomic E-state index is 0.0372. The van der Waals surface area contributed by atoms with E-state index in [1.165, 1.54) is 0 Å². The normalized spacial score (nSPS) is 12.2. The molecule has 2 heterocycles. The van der Waals surface area contributed by atoms with Crippen molar-refractivity contribution in [3.8, 4) is 11.5 Å². The molecule has 8 nitrogen and oxygen atoms in total. The first-order chi connectivity index (χ1) is 17.1. The molecule has 1 aliphatic rings. The van der Waals surface area contributed by atoms with Crippen molar-refractivity contribution < 1.29 is 19.1 Å².